The summed E-state index contributed by atoms with van der Waals surface area (Å²) in [7, 11) is -2.04. The number of sulfonamides is 1. The third kappa shape index (κ3) is 3.47. The maximum absolute atomic E-state index is 11.1. The summed E-state index contributed by atoms with van der Waals surface area (Å²) in [6.07, 6.45) is 0. The Hall–Kier alpha value is -1.68. The van der Waals surface area contributed by atoms with Gasteiger partial charge in [0.05, 0.1) is 5.75 Å². The fraction of sp³-hybridized carbons (Fsp3) is 0.500. The van der Waals surface area contributed by atoms with Crippen LogP contribution in [0.4, 0.5) is 5.82 Å². The summed E-state index contributed by atoms with van der Waals surface area (Å²) in [5, 5.41) is 7.92. The van der Waals surface area contributed by atoms with Gasteiger partial charge in [0.2, 0.25) is 15.8 Å². The first-order chi connectivity index (χ1) is 7.44. The molecule has 0 bridgehead atoms. The van der Waals surface area contributed by atoms with Gasteiger partial charge in [-0.1, -0.05) is 0 Å². The molecule has 0 fully saturated rings. The van der Waals surface area contributed by atoms with Crippen LogP contribution in [0.25, 0.3) is 0 Å². The van der Waals surface area contributed by atoms with Crippen molar-refractivity contribution < 1.29 is 8.42 Å². The molecule has 0 unspecified atom stereocenters. The summed E-state index contributed by atoms with van der Waals surface area (Å²) in [5.41, 5.74) is -1.43. The van der Waals surface area contributed by atoms with E-state index in [0.29, 0.717) is 0 Å². The van der Waals surface area contributed by atoms with E-state index in [0.717, 1.165) is 0 Å². The highest BCUT2D eigenvalue weighted by atomic mass is 32.2. The third-order valence-electron chi connectivity index (χ3n) is 1.69. The zero-order valence-electron chi connectivity index (χ0n) is 8.40. The van der Waals surface area contributed by atoms with E-state index < -0.39 is 21.3 Å². The molecule has 0 aliphatic heterocycles. The molecule has 4 N–H and O–H groups in total. The fourth-order valence-electron chi connectivity index (χ4n) is 0.873. The minimum atomic E-state index is -3.34. The van der Waals surface area contributed by atoms with Gasteiger partial charge < -0.3 is 5.32 Å². The van der Waals surface area contributed by atoms with Gasteiger partial charge in [-0.05, 0) is 7.05 Å². The Balaban J connectivity index is 2.63. The highest BCUT2D eigenvalue weighted by molar-refractivity contribution is 7.89. The van der Waals surface area contributed by atoms with Crippen LogP contribution in [0.1, 0.15) is 0 Å². The van der Waals surface area contributed by atoms with Crippen LogP contribution in [0.5, 0.6) is 0 Å². The number of aromatic nitrogens is 3. The molecule has 90 valence electrons. The van der Waals surface area contributed by atoms with Gasteiger partial charge in [0.25, 0.3) is 5.56 Å². The number of anilines is 1. The van der Waals surface area contributed by atoms with Gasteiger partial charge in [-0.3, -0.25) is 9.78 Å². The van der Waals surface area contributed by atoms with Gasteiger partial charge in [-0.25, -0.2) is 23.0 Å². The molecule has 0 atom stereocenters. The monoisotopic (exact) mass is 249 g/mol. The zero-order valence-corrected chi connectivity index (χ0v) is 9.22. The van der Waals surface area contributed by atoms with Gasteiger partial charge in [-0.15, -0.1) is 5.10 Å². The molecule has 1 aromatic heterocycles. The van der Waals surface area contributed by atoms with Gasteiger partial charge in [0.1, 0.15) is 0 Å². The lowest BCUT2D eigenvalue weighted by Gasteiger charge is -2.03. The Morgan fingerprint density at radius 1 is 1.38 bits per heavy atom. The molecule has 0 saturated heterocycles. The number of hydrogen-bond acceptors (Lipinski definition) is 6. The third-order valence-corrected chi connectivity index (χ3v) is 3.05. The number of hydrogen-bond donors (Lipinski definition) is 4. The number of rotatable bonds is 5. The van der Waals surface area contributed by atoms with E-state index in [9.17, 15) is 18.0 Å². The Morgan fingerprint density at radius 2 is 2.06 bits per heavy atom. The summed E-state index contributed by atoms with van der Waals surface area (Å²) in [5.74, 6) is -0.338. The van der Waals surface area contributed by atoms with Gasteiger partial charge in [0.15, 0.2) is 0 Å². The average Bonchev–Trinajstić information content (AvgIpc) is 2.21. The van der Waals surface area contributed by atoms with Crippen molar-refractivity contribution in [3.8, 4) is 0 Å². The van der Waals surface area contributed by atoms with E-state index in [1.165, 1.54) is 7.05 Å². The van der Waals surface area contributed by atoms with E-state index in [1.807, 2.05) is 10.1 Å². The smallest absolute Gasteiger partial charge is 0.342 e. The summed E-state index contributed by atoms with van der Waals surface area (Å²) in [6, 6.07) is 0. The quantitative estimate of drug-likeness (QED) is 0.452. The maximum Gasteiger partial charge on any atom is 0.342 e. The summed E-state index contributed by atoms with van der Waals surface area (Å²) in [6.45, 7) is 0.00526. The zero-order chi connectivity index (χ0) is 12.2. The molecule has 0 amide bonds. The van der Waals surface area contributed by atoms with Gasteiger partial charge in [-0.2, -0.15) is 0 Å². The Labute approximate surface area is 90.3 Å². The molecule has 0 aromatic carbocycles. The summed E-state index contributed by atoms with van der Waals surface area (Å²) in [4.78, 5) is 23.7. The normalized spacial score (nSPS) is 11.3. The van der Waals surface area contributed by atoms with E-state index in [2.05, 4.69) is 15.1 Å². The number of nitrogens with one attached hydrogen (secondary N) is 4. The first kappa shape index (κ1) is 12.4. The first-order valence-corrected chi connectivity index (χ1v) is 5.94. The molecule has 0 aliphatic rings. The largest absolute Gasteiger partial charge is 0.363 e. The summed E-state index contributed by atoms with van der Waals surface area (Å²) >= 11 is 0. The predicted molar refractivity (Wildman–Crippen MR) is 56.8 cm³/mol. The van der Waals surface area contributed by atoms with Crippen LogP contribution in [-0.4, -0.2) is 42.9 Å². The van der Waals surface area contributed by atoms with E-state index >= 15 is 0 Å². The van der Waals surface area contributed by atoms with Crippen LogP contribution in [0.3, 0.4) is 0 Å². The Morgan fingerprint density at radius 3 is 2.62 bits per heavy atom. The predicted octanol–water partition coefficient (Wildman–Crippen LogP) is -2.58. The van der Waals surface area contributed by atoms with Crippen molar-refractivity contribution in [2.75, 3.05) is 24.7 Å². The lowest BCUT2D eigenvalue weighted by molar-refractivity contribution is 0.588. The molecule has 1 rings (SSSR count). The molecule has 16 heavy (non-hydrogen) atoms. The van der Waals surface area contributed by atoms with Crippen LogP contribution in [0.15, 0.2) is 9.59 Å². The van der Waals surface area contributed by atoms with Crippen molar-refractivity contribution in [1.82, 2.24) is 19.9 Å². The molecule has 0 saturated carbocycles. The van der Waals surface area contributed by atoms with Crippen molar-refractivity contribution in [2.24, 2.45) is 0 Å². The van der Waals surface area contributed by atoms with Crippen LogP contribution >= 0.6 is 0 Å². The van der Waals surface area contributed by atoms with Crippen molar-refractivity contribution in [3.05, 3.63) is 20.8 Å². The molecule has 0 aliphatic carbocycles. The van der Waals surface area contributed by atoms with E-state index in [-0.39, 0.29) is 18.1 Å². The molecule has 0 radical (unpaired) electrons. The van der Waals surface area contributed by atoms with Crippen LogP contribution in [-0.2, 0) is 10.0 Å². The lowest BCUT2D eigenvalue weighted by Crippen LogP contribution is -2.30. The molecule has 0 spiro atoms. The topological polar surface area (TPSA) is 137 Å². The van der Waals surface area contributed by atoms with Crippen LogP contribution < -0.4 is 21.3 Å². The molecule has 1 heterocycles. The minimum Gasteiger partial charge on any atom is -0.363 e. The second-order valence-electron chi connectivity index (χ2n) is 2.81. The molecule has 9 nitrogen and oxygen atoms in total. The molecule has 10 heteroatoms. The van der Waals surface area contributed by atoms with Crippen molar-refractivity contribution in [2.45, 2.75) is 0 Å². The van der Waals surface area contributed by atoms with E-state index in [4.69, 9.17) is 0 Å². The van der Waals surface area contributed by atoms with Crippen LogP contribution in [0, 0.1) is 0 Å². The second kappa shape index (κ2) is 4.90. The summed E-state index contributed by atoms with van der Waals surface area (Å²) < 4.78 is 24.1. The van der Waals surface area contributed by atoms with Crippen molar-refractivity contribution in [1.29, 1.82) is 0 Å². The number of nitrogens with zero attached hydrogens (tertiary/aromatic N) is 1. The first-order valence-electron chi connectivity index (χ1n) is 4.29. The highest BCUT2D eigenvalue weighted by Crippen LogP contribution is 1.87. The average molecular weight is 249 g/mol. The van der Waals surface area contributed by atoms with Crippen molar-refractivity contribution >= 4 is 15.8 Å². The highest BCUT2D eigenvalue weighted by Gasteiger charge is 2.07. The lowest BCUT2D eigenvalue weighted by atomic mass is 10.6. The molecular formula is C6H11N5O4S. The fourth-order valence-corrected chi connectivity index (χ4v) is 1.45. The van der Waals surface area contributed by atoms with Gasteiger partial charge in [0, 0.05) is 6.54 Å². The van der Waals surface area contributed by atoms with Crippen LogP contribution in [0.2, 0.25) is 0 Å². The standard InChI is InChI=1S/C6H11N5O4S/c1-7-16(14,15)3-2-8-4-5(12)9-6(13)11-10-4/h7H,2-3H2,1H3,(H,8,10)(H2,9,11,12,13). The Bertz CT molecular complexity index is 559. The number of aromatic amines is 2. The second-order valence-corrected chi connectivity index (χ2v) is 4.85. The van der Waals surface area contributed by atoms with Crippen molar-refractivity contribution in [3.63, 3.8) is 0 Å². The minimum absolute atomic E-state index is 0.00526. The number of H-pyrrole nitrogens is 2. The van der Waals surface area contributed by atoms with Gasteiger partial charge >= 0.3 is 5.69 Å². The van der Waals surface area contributed by atoms with E-state index in [1.54, 1.807) is 0 Å². The molecule has 1 aromatic rings. The Kier molecular flexibility index (Phi) is 3.79. The maximum atomic E-state index is 11.1. The molecular weight excluding hydrogens is 238 g/mol. The SMILES string of the molecule is CNS(=O)(=O)CCNc1n[nH]c(=O)[nH]c1=O.